The molecule has 3 heteroatoms. The van der Waals surface area contributed by atoms with Crippen molar-refractivity contribution in [3.8, 4) is 0 Å². The summed E-state index contributed by atoms with van der Waals surface area (Å²) < 4.78 is 0. The van der Waals surface area contributed by atoms with Crippen LogP contribution in [-0.4, -0.2) is 17.1 Å². The fourth-order valence-corrected chi connectivity index (χ4v) is 3.58. The Balaban J connectivity index is 4.38. The number of allylic oxidation sites excluding steroid dienone is 2. The van der Waals surface area contributed by atoms with Gasteiger partial charge in [-0.3, -0.25) is 4.79 Å². The molecule has 0 heterocycles. The number of hydrogen-bond acceptors (Lipinski definition) is 2. The Morgan fingerprint density at radius 3 is 1.86 bits per heavy atom. The lowest BCUT2D eigenvalue weighted by molar-refractivity contribution is -0.112. The first-order valence-corrected chi connectivity index (χ1v) is 6.56. The summed E-state index contributed by atoms with van der Waals surface area (Å²) in [6.45, 7) is 12.4. The standard InChI is InChI=1S/C11H22NOP/c1-8(2)14(9(3)4)12-10(5)7-11(6)13/h7-9,12H,1-6H3/b10-7-. The summed E-state index contributed by atoms with van der Waals surface area (Å²) in [6, 6.07) is 0. The van der Waals surface area contributed by atoms with Gasteiger partial charge in [0, 0.05) is 5.70 Å². The smallest absolute Gasteiger partial charge is 0.154 e. The van der Waals surface area contributed by atoms with Crippen LogP contribution < -0.4 is 5.09 Å². The van der Waals surface area contributed by atoms with E-state index in [2.05, 4.69) is 32.8 Å². The molecule has 0 spiro atoms. The van der Waals surface area contributed by atoms with E-state index in [9.17, 15) is 4.79 Å². The lowest BCUT2D eigenvalue weighted by Gasteiger charge is -2.27. The third-order valence-electron chi connectivity index (χ3n) is 1.84. The molecule has 2 nitrogen and oxygen atoms in total. The summed E-state index contributed by atoms with van der Waals surface area (Å²) in [5, 5.41) is 3.45. The zero-order chi connectivity index (χ0) is 11.3. The minimum atomic E-state index is -0.219. The quantitative estimate of drug-likeness (QED) is 0.563. The summed E-state index contributed by atoms with van der Waals surface area (Å²) in [5.41, 5.74) is 2.27. The van der Waals surface area contributed by atoms with Crippen LogP contribution in [0, 0.1) is 0 Å². The minimum Gasteiger partial charge on any atom is -0.367 e. The summed E-state index contributed by atoms with van der Waals surface area (Å²) in [6.07, 6.45) is 1.67. The maximum Gasteiger partial charge on any atom is 0.154 e. The predicted octanol–water partition coefficient (Wildman–Crippen LogP) is 3.28. The second-order valence-electron chi connectivity index (χ2n) is 4.14. The average Bonchev–Trinajstić information content (AvgIpc) is 1.97. The van der Waals surface area contributed by atoms with Gasteiger partial charge >= 0.3 is 0 Å². The normalized spacial score (nSPS) is 12.8. The van der Waals surface area contributed by atoms with Gasteiger partial charge < -0.3 is 5.09 Å². The molecule has 0 aromatic heterocycles. The molecule has 0 aromatic rings. The van der Waals surface area contributed by atoms with E-state index < -0.39 is 0 Å². The third-order valence-corrected chi connectivity index (χ3v) is 4.67. The van der Waals surface area contributed by atoms with E-state index in [1.165, 1.54) is 0 Å². The minimum absolute atomic E-state index is 0.109. The highest BCUT2D eigenvalue weighted by atomic mass is 31.1. The Labute approximate surface area is 89.0 Å². The molecule has 0 aliphatic rings. The van der Waals surface area contributed by atoms with Gasteiger partial charge in [0.05, 0.1) is 0 Å². The molecular formula is C11H22NOP. The summed E-state index contributed by atoms with van der Waals surface area (Å²) in [7, 11) is -0.219. The van der Waals surface area contributed by atoms with Crippen molar-refractivity contribution in [1.29, 1.82) is 0 Å². The first-order valence-electron chi connectivity index (χ1n) is 5.08. The topological polar surface area (TPSA) is 29.1 Å². The van der Waals surface area contributed by atoms with E-state index in [0.717, 1.165) is 5.70 Å². The number of rotatable bonds is 5. The maximum atomic E-state index is 10.9. The number of carbonyl (C=O) groups excluding carboxylic acids is 1. The van der Waals surface area contributed by atoms with Crippen LogP contribution in [0.1, 0.15) is 41.5 Å². The van der Waals surface area contributed by atoms with Gasteiger partial charge in [-0.25, -0.2) is 0 Å². The number of hydrogen-bond donors (Lipinski definition) is 1. The number of nitrogens with one attached hydrogen (secondary N) is 1. The van der Waals surface area contributed by atoms with Crippen LogP contribution in [-0.2, 0) is 4.79 Å². The molecule has 1 N–H and O–H groups in total. The lowest BCUT2D eigenvalue weighted by atomic mass is 10.3. The fraction of sp³-hybridized carbons (Fsp3) is 0.727. The molecule has 0 saturated carbocycles. The zero-order valence-electron chi connectivity index (χ0n) is 10.1. The highest BCUT2D eigenvalue weighted by Gasteiger charge is 2.16. The lowest BCUT2D eigenvalue weighted by Crippen LogP contribution is -2.17. The second-order valence-corrected chi connectivity index (χ2v) is 7.25. The molecule has 0 aromatic carbocycles. The van der Waals surface area contributed by atoms with Crippen molar-refractivity contribution in [2.24, 2.45) is 0 Å². The van der Waals surface area contributed by atoms with Gasteiger partial charge in [-0.1, -0.05) is 27.7 Å². The Morgan fingerprint density at radius 2 is 1.57 bits per heavy atom. The third kappa shape index (κ3) is 5.39. The van der Waals surface area contributed by atoms with Crippen LogP contribution in [0.15, 0.2) is 11.8 Å². The van der Waals surface area contributed by atoms with Crippen molar-refractivity contribution >= 4 is 13.9 Å². The van der Waals surface area contributed by atoms with Crippen LogP contribution in [0.3, 0.4) is 0 Å². The van der Waals surface area contributed by atoms with E-state index >= 15 is 0 Å². The molecule has 82 valence electrons. The molecule has 0 radical (unpaired) electrons. The molecule has 0 aliphatic carbocycles. The Morgan fingerprint density at radius 1 is 1.14 bits per heavy atom. The predicted molar refractivity (Wildman–Crippen MR) is 64.8 cm³/mol. The van der Waals surface area contributed by atoms with E-state index in [4.69, 9.17) is 0 Å². The molecule has 0 atom stereocenters. The fourth-order valence-electron chi connectivity index (χ4n) is 1.40. The monoisotopic (exact) mass is 215 g/mol. The van der Waals surface area contributed by atoms with Crippen LogP contribution in [0.25, 0.3) is 0 Å². The van der Waals surface area contributed by atoms with Crippen LogP contribution >= 0.6 is 8.07 Å². The van der Waals surface area contributed by atoms with Crippen molar-refractivity contribution < 1.29 is 4.79 Å². The number of ketones is 1. The van der Waals surface area contributed by atoms with Gasteiger partial charge in [0.25, 0.3) is 0 Å². The molecule has 0 aliphatic heterocycles. The van der Waals surface area contributed by atoms with Crippen molar-refractivity contribution in [1.82, 2.24) is 5.09 Å². The van der Waals surface area contributed by atoms with E-state index in [1.807, 2.05) is 6.92 Å². The number of carbonyl (C=O) groups is 1. The molecule has 0 saturated heterocycles. The second kappa shape index (κ2) is 6.19. The van der Waals surface area contributed by atoms with Crippen molar-refractivity contribution in [2.45, 2.75) is 52.9 Å². The SMILES string of the molecule is CC(=O)/C=C(/C)NP(C(C)C)C(C)C. The van der Waals surface area contributed by atoms with Gasteiger partial charge in [0.2, 0.25) is 0 Å². The van der Waals surface area contributed by atoms with E-state index in [0.29, 0.717) is 11.3 Å². The van der Waals surface area contributed by atoms with Crippen LogP contribution in [0.4, 0.5) is 0 Å². The van der Waals surface area contributed by atoms with Gasteiger partial charge in [0.1, 0.15) is 0 Å². The molecule has 14 heavy (non-hydrogen) atoms. The first-order chi connectivity index (χ1) is 6.34. The summed E-state index contributed by atoms with van der Waals surface area (Å²) >= 11 is 0. The van der Waals surface area contributed by atoms with Crippen molar-refractivity contribution in [3.05, 3.63) is 11.8 Å². The van der Waals surface area contributed by atoms with Crippen molar-refractivity contribution in [3.63, 3.8) is 0 Å². The molecule has 0 rings (SSSR count). The largest absolute Gasteiger partial charge is 0.367 e. The highest BCUT2D eigenvalue weighted by Crippen LogP contribution is 2.42. The van der Waals surface area contributed by atoms with Gasteiger partial charge in [-0.15, -0.1) is 0 Å². The van der Waals surface area contributed by atoms with Crippen LogP contribution in [0.2, 0.25) is 0 Å². The molecule has 0 bridgehead atoms. The van der Waals surface area contributed by atoms with Gasteiger partial charge in [-0.05, 0) is 39.3 Å². The molecular weight excluding hydrogens is 193 g/mol. The van der Waals surface area contributed by atoms with Crippen LogP contribution in [0.5, 0.6) is 0 Å². The highest BCUT2D eigenvalue weighted by molar-refractivity contribution is 7.57. The molecule has 0 amide bonds. The summed E-state index contributed by atoms with van der Waals surface area (Å²) in [5.74, 6) is 0.109. The van der Waals surface area contributed by atoms with E-state index in [1.54, 1.807) is 13.0 Å². The van der Waals surface area contributed by atoms with Gasteiger partial charge in [-0.2, -0.15) is 0 Å². The first kappa shape index (κ1) is 13.6. The Hall–Kier alpha value is -0.360. The Bertz CT molecular complexity index is 213. The average molecular weight is 215 g/mol. The molecule has 0 fully saturated rings. The zero-order valence-corrected chi connectivity index (χ0v) is 11.0. The summed E-state index contributed by atoms with van der Waals surface area (Å²) in [4.78, 5) is 10.9. The van der Waals surface area contributed by atoms with Gasteiger partial charge in [0.15, 0.2) is 5.78 Å². The maximum absolute atomic E-state index is 10.9. The van der Waals surface area contributed by atoms with Crippen molar-refractivity contribution in [2.75, 3.05) is 0 Å². The molecule has 0 unspecified atom stereocenters. The van der Waals surface area contributed by atoms with E-state index in [-0.39, 0.29) is 13.9 Å². The Kier molecular flexibility index (Phi) is 6.03.